The number of aromatic nitrogens is 4. The number of Topliss-reactive ketones (excluding diaryl/α,β-unsaturated/α-hetero) is 1. The SMILES string of the molecule is CCOC(=O)c1c(C)[nH]c(C(=O)CSc2nnc(C3CC3)n2Cc2ccco2)c1C. The zero-order valence-corrected chi connectivity index (χ0v) is 18.0. The normalized spacial score (nSPS) is 13.6. The number of hydrogen-bond acceptors (Lipinski definition) is 7. The molecule has 1 saturated carbocycles. The van der Waals surface area contributed by atoms with Crippen LogP contribution in [0, 0.1) is 13.8 Å². The number of ether oxygens (including phenoxy) is 1. The molecule has 0 amide bonds. The second-order valence-corrected chi connectivity index (χ2v) is 8.28. The average Bonchev–Trinajstić information content (AvgIpc) is 3.14. The van der Waals surface area contributed by atoms with E-state index in [9.17, 15) is 9.59 Å². The minimum atomic E-state index is -0.414. The Balaban J connectivity index is 1.51. The topological polar surface area (TPSA) is 103 Å². The summed E-state index contributed by atoms with van der Waals surface area (Å²) in [5, 5.41) is 9.37. The molecule has 30 heavy (non-hydrogen) atoms. The van der Waals surface area contributed by atoms with Crippen molar-refractivity contribution in [3.8, 4) is 0 Å². The van der Waals surface area contributed by atoms with Crippen LogP contribution in [0.15, 0.2) is 28.0 Å². The lowest BCUT2D eigenvalue weighted by Crippen LogP contribution is -2.10. The van der Waals surface area contributed by atoms with Gasteiger partial charge in [-0.05, 0) is 51.3 Å². The Labute approximate surface area is 178 Å². The largest absolute Gasteiger partial charge is 0.467 e. The number of aryl methyl sites for hydroxylation is 1. The molecule has 9 heteroatoms. The zero-order chi connectivity index (χ0) is 21.3. The third kappa shape index (κ3) is 4.07. The molecule has 0 aromatic carbocycles. The molecule has 0 bridgehead atoms. The maximum atomic E-state index is 12.9. The molecule has 1 N–H and O–H groups in total. The van der Waals surface area contributed by atoms with Crippen molar-refractivity contribution in [1.29, 1.82) is 0 Å². The summed E-state index contributed by atoms with van der Waals surface area (Å²) in [5.74, 6) is 1.86. The first-order valence-corrected chi connectivity index (χ1v) is 11.0. The monoisotopic (exact) mass is 428 g/mol. The average molecular weight is 429 g/mol. The second kappa shape index (κ2) is 8.51. The van der Waals surface area contributed by atoms with E-state index in [-0.39, 0.29) is 18.1 Å². The Morgan fingerprint density at radius 1 is 1.33 bits per heavy atom. The van der Waals surface area contributed by atoms with Gasteiger partial charge in [0.2, 0.25) is 0 Å². The number of nitrogens with zero attached hydrogens (tertiary/aromatic N) is 3. The number of thioether (sulfide) groups is 1. The summed E-state index contributed by atoms with van der Waals surface area (Å²) in [5.41, 5.74) is 2.12. The third-order valence-electron chi connectivity index (χ3n) is 5.11. The lowest BCUT2D eigenvalue weighted by atomic mass is 10.1. The molecular formula is C21H24N4O4S. The number of hydrogen-bond donors (Lipinski definition) is 1. The van der Waals surface area contributed by atoms with Gasteiger partial charge in [-0.25, -0.2) is 4.79 Å². The molecule has 0 atom stereocenters. The van der Waals surface area contributed by atoms with Gasteiger partial charge in [0.1, 0.15) is 11.6 Å². The quantitative estimate of drug-likeness (QED) is 0.313. The van der Waals surface area contributed by atoms with Crippen molar-refractivity contribution in [3.05, 3.63) is 52.5 Å². The summed E-state index contributed by atoms with van der Waals surface area (Å²) in [6, 6.07) is 3.77. The van der Waals surface area contributed by atoms with Crippen molar-refractivity contribution < 1.29 is 18.7 Å². The van der Waals surface area contributed by atoms with Crippen molar-refractivity contribution in [1.82, 2.24) is 19.7 Å². The Bertz CT molecular complexity index is 1060. The molecule has 0 unspecified atom stereocenters. The molecule has 1 fully saturated rings. The Kier molecular flexibility index (Phi) is 5.80. The van der Waals surface area contributed by atoms with E-state index in [1.165, 1.54) is 11.8 Å². The summed E-state index contributed by atoms with van der Waals surface area (Å²) in [6.45, 7) is 6.11. The van der Waals surface area contributed by atoms with Gasteiger partial charge in [0.15, 0.2) is 10.9 Å². The van der Waals surface area contributed by atoms with E-state index in [0.717, 1.165) is 24.4 Å². The fraction of sp³-hybridized carbons (Fsp3) is 0.429. The van der Waals surface area contributed by atoms with Crippen molar-refractivity contribution in [2.45, 2.75) is 51.2 Å². The molecule has 3 aromatic heterocycles. The fourth-order valence-electron chi connectivity index (χ4n) is 3.50. The summed E-state index contributed by atoms with van der Waals surface area (Å²) in [4.78, 5) is 28.1. The van der Waals surface area contributed by atoms with Gasteiger partial charge in [-0.2, -0.15) is 0 Å². The maximum absolute atomic E-state index is 12.9. The van der Waals surface area contributed by atoms with E-state index in [1.807, 2.05) is 16.7 Å². The standard InChI is InChI=1S/C21H24N4O4S/c1-4-28-20(27)17-12(2)18(22-13(17)3)16(26)11-30-21-24-23-19(14-7-8-14)25(21)10-15-6-5-9-29-15/h5-6,9,14,22H,4,7-8,10-11H2,1-3H3. The number of esters is 1. The number of H-pyrrole nitrogens is 1. The summed E-state index contributed by atoms with van der Waals surface area (Å²) in [7, 11) is 0. The van der Waals surface area contributed by atoms with Gasteiger partial charge >= 0.3 is 5.97 Å². The van der Waals surface area contributed by atoms with Crippen LogP contribution in [0.25, 0.3) is 0 Å². The minimum Gasteiger partial charge on any atom is -0.467 e. The van der Waals surface area contributed by atoms with Crippen LogP contribution in [0.5, 0.6) is 0 Å². The van der Waals surface area contributed by atoms with E-state index in [0.29, 0.717) is 40.1 Å². The molecule has 3 heterocycles. The molecule has 0 aliphatic heterocycles. The third-order valence-corrected chi connectivity index (χ3v) is 6.08. The molecule has 4 rings (SSSR count). The van der Waals surface area contributed by atoms with Crippen LogP contribution in [-0.4, -0.2) is 43.9 Å². The zero-order valence-electron chi connectivity index (χ0n) is 17.2. The first-order chi connectivity index (χ1) is 14.5. The van der Waals surface area contributed by atoms with Crippen molar-refractivity contribution in [2.24, 2.45) is 0 Å². The van der Waals surface area contributed by atoms with Crippen molar-refractivity contribution >= 4 is 23.5 Å². The molecule has 0 saturated heterocycles. The van der Waals surface area contributed by atoms with E-state index < -0.39 is 5.97 Å². The van der Waals surface area contributed by atoms with Crippen LogP contribution in [0.2, 0.25) is 0 Å². The number of carbonyl (C=O) groups is 2. The van der Waals surface area contributed by atoms with Gasteiger partial charge in [0.25, 0.3) is 0 Å². The van der Waals surface area contributed by atoms with E-state index >= 15 is 0 Å². The number of ketones is 1. The predicted molar refractivity (Wildman–Crippen MR) is 111 cm³/mol. The van der Waals surface area contributed by atoms with Crippen LogP contribution in [0.3, 0.4) is 0 Å². The van der Waals surface area contributed by atoms with Crippen LogP contribution in [0.1, 0.15) is 69.4 Å². The van der Waals surface area contributed by atoms with Gasteiger partial charge in [0.05, 0.1) is 36.4 Å². The molecule has 8 nitrogen and oxygen atoms in total. The van der Waals surface area contributed by atoms with E-state index in [4.69, 9.17) is 9.15 Å². The van der Waals surface area contributed by atoms with Gasteiger partial charge in [0, 0.05) is 11.6 Å². The van der Waals surface area contributed by atoms with E-state index in [1.54, 1.807) is 27.0 Å². The molecule has 0 radical (unpaired) electrons. The summed E-state index contributed by atoms with van der Waals surface area (Å²) >= 11 is 1.34. The highest BCUT2D eigenvalue weighted by molar-refractivity contribution is 7.99. The highest BCUT2D eigenvalue weighted by Gasteiger charge is 2.31. The fourth-order valence-corrected chi connectivity index (χ4v) is 4.31. The van der Waals surface area contributed by atoms with Crippen molar-refractivity contribution in [3.63, 3.8) is 0 Å². The van der Waals surface area contributed by atoms with Gasteiger partial charge in [-0.15, -0.1) is 10.2 Å². The van der Waals surface area contributed by atoms with Crippen LogP contribution < -0.4 is 0 Å². The molecule has 3 aromatic rings. The van der Waals surface area contributed by atoms with Gasteiger partial charge < -0.3 is 14.1 Å². The number of nitrogens with one attached hydrogen (secondary N) is 1. The van der Waals surface area contributed by atoms with Crippen LogP contribution >= 0.6 is 11.8 Å². The number of aromatic amines is 1. The first kappa shape index (κ1) is 20.5. The number of carbonyl (C=O) groups excluding carboxylic acids is 2. The Morgan fingerprint density at radius 3 is 2.80 bits per heavy atom. The summed E-state index contributed by atoms with van der Waals surface area (Å²) in [6.07, 6.45) is 3.86. The number of rotatable bonds is 9. The highest BCUT2D eigenvalue weighted by atomic mass is 32.2. The Morgan fingerprint density at radius 2 is 2.13 bits per heavy atom. The lowest BCUT2D eigenvalue weighted by Gasteiger charge is -2.08. The number of furan rings is 1. The minimum absolute atomic E-state index is 0.100. The van der Waals surface area contributed by atoms with Gasteiger partial charge in [-0.1, -0.05) is 11.8 Å². The molecule has 158 valence electrons. The smallest absolute Gasteiger partial charge is 0.340 e. The molecule has 1 aliphatic carbocycles. The lowest BCUT2D eigenvalue weighted by molar-refractivity contribution is 0.0525. The molecule has 0 spiro atoms. The van der Waals surface area contributed by atoms with Gasteiger partial charge in [-0.3, -0.25) is 9.36 Å². The summed E-state index contributed by atoms with van der Waals surface area (Å²) < 4.78 is 12.6. The Hall–Kier alpha value is -2.81. The predicted octanol–water partition coefficient (Wildman–Crippen LogP) is 3.89. The highest BCUT2D eigenvalue weighted by Crippen LogP contribution is 2.40. The van der Waals surface area contributed by atoms with Crippen molar-refractivity contribution in [2.75, 3.05) is 12.4 Å². The molecule has 1 aliphatic rings. The van der Waals surface area contributed by atoms with E-state index in [2.05, 4.69) is 15.2 Å². The second-order valence-electron chi connectivity index (χ2n) is 7.34. The molecular weight excluding hydrogens is 404 g/mol. The van der Waals surface area contributed by atoms with Crippen LogP contribution in [0.4, 0.5) is 0 Å². The first-order valence-electron chi connectivity index (χ1n) is 9.97. The maximum Gasteiger partial charge on any atom is 0.340 e. The van der Waals surface area contributed by atoms with Crippen LogP contribution in [-0.2, 0) is 11.3 Å².